The summed E-state index contributed by atoms with van der Waals surface area (Å²) in [5.41, 5.74) is -1.67. The van der Waals surface area contributed by atoms with Crippen molar-refractivity contribution in [2.24, 2.45) is 0 Å². The lowest BCUT2D eigenvalue weighted by molar-refractivity contribution is -0.244. The highest BCUT2D eigenvalue weighted by molar-refractivity contribution is 5.02. The van der Waals surface area contributed by atoms with Gasteiger partial charge >= 0.3 is 0 Å². The molecule has 0 radical (unpaired) electrons. The van der Waals surface area contributed by atoms with Gasteiger partial charge in [-0.3, -0.25) is 0 Å². The second kappa shape index (κ2) is 8.50. The van der Waals surface area contributed by atoms with Gasteiger partial charge in [0.25, 0.3) is 0 Å². The molecule has 0 aromatic rings. The minimum atomic E-state index is -1.67. The van der Waals surface area contributed by atoms with Gasteiger partial charge in [0, 0.05) is 0 Å². The Morgan fingerprint density at radius 1 is 0.760 bits per heavy atom. The number of rotatable bonds is 7. The van der Waals surface area contributed by atoms with Crippen LogP contribution in [-0.2, 0) is 14.2 Å². The average Bonchev–Trinajstić information content (AvgIpc) is 2.86. The maximum absolute atomic E-state index is 10.0. The Balaban J connectivity index is 1.94. The van der Waals surface area contributed by atoms with Gasteiger partial charge < -0.3 is 55.1 Å². The molecule has 2 rings (SSSR count). The van der Waals surface area contributed by atoms with Gasteiger partial charge in [-0.2, -0.15) is 0 Å². The summed E-state index contributed by atoms with van der Waals surface area (Å²) in [7, 11) is 0. The largest absolute Gasteiger partial charge is 0.394 e. The Morgan fingerprint density at radius 3 is 1.88 bits per heavy atom. The third kappa shape index (κ3) is 3.96. The van der Waals surface area contributed by atoms with E-state index >= 15 is 0 Å². The molecule has 9 atom stereocenters. The zero-order valence-electron chi connectivity index (χ0n) is 13.5. The number of hydrogen-bond donors (Lipinski definition) is 8. The van der Waals surface area contributed by atoms with E-state index in [0.29, 0.717) is 0 Å². The van der Waals surface area contributed by atoms with Crippen LogP contribution in [0.3, 0.4) is 0 Å². The average molecular weight is 370 g/mol. The molecule has 148 valence electrons. The van der Waals surface area contributed by atoms with Crippen molar-refractivity contribution in [3.63, 3.8) is 0 Å². The van der Waals surface area contributed by atoms with E-state index in [0.717, 1.165) is 0 Å². The summed E-state index contributed by atoms with van der Waals surface area (Å²) in [5.74, 6) is 0. The van der Waals surface area contributed by atoms with Gasteiger partial charge in [-0.1, -0.05) is 0 Å². The number of hydrogen-bond acceptors (Lipinski definition) is 11. The highest BCUT2D eigenvalue weighted by Gasteiger charge is 2.54. The highest BCUT2D eigenvalue weighted by atomic mass is 16.6. The number of aliphatic hydroxyl groups excluding tert-OH is 8. The lowest BCUT2D eigenvalue weighted by Crippen LogP contribution is -2.60. The van der Waals surface area contributed by atoms with Crippen LogP contribution in [0.15, 0.2) is 0 Å². The Bertz CT molecular complexity index is 422. The van der Waals surface area contributed by atoms with Crippen LogP contribution in [-0.4, -0.2) is 128 Å². The van der Waals surface area contributed by atoms with E-state index in [-0.39, 0.29) is 6.61 Å². The highest BCUT2D eigenvalue weighted by Crippen LogP contribution is 2.32. The van der Waals surface area contributed by atoms with Crippen LogP contribution in [0.2, 0.25) is 0 Å². The molecule has 0 aromatic carbocycles. The van der Waals surface area contributed by atoms with Crippen LogP contribution in [0.1, 0.15) is 0 Å². The molecule has 2 aliphatic heterocycles. The molecule has 0 aromatic heterocycles. The summed E-state index contributed by atoms with van der Waals surface area (Å²) in [6.07, 6.45) is -10.7. The van der Waals surface area contributed by atoms with Crippen LogP contribution < -0.4 is 0 Å². The van der Waals surface area contributed by atoms with E-state index < -0.39 is 80.9 Å². The predicted molar refractivity (Wildman–Crippen MR) is 78.4 cm³/mol. The Labute approximate surface area is 143 Å². The molecular weight excluding hydrogens is 344 g/mol. The second-order valence-electron chi connectivity index (χ2n) is 6.38. The van der Waals surface area contributed by atoms with Crippen molar-refractivity contribution in [3.05, 3.63) is 0 Å². The molecule has 2 aliphatic rings. The van der Waals surface area contributed by atoms with Gasteiger partial charge in [0.05, 0.1) is 33.0 Å². The zero-order chi connectivity index (χ0) is 18.8. The summed E-state index contributed by atoms with van der Waals surface area (Å²) >= 11 is 0. The maximum Gasteiger partial charge on any atom is 0.143 e. The Hall–Kier alpha value is -0.440. The van der Waals surface area contributed by atoms with E-state index in [4.69, 9.17) is 24.4 Å². The van der Waals surface area contributed by atoms with E-state index in [1.54, 1.807) is 0 Å². The molecule has 2 heterocycles. The maximum atomic E-state index is 10.0. The molecule has 11 heteroatoms. The van der Waals surface area contributed by atoms with Crippen LogP contribution in [0.4, 0.5) is 0 Å². The fraction of sp³-hybridized carbons (Fsp3) is 1.00. The molecule has 0 bridgehead atoms. The van der Waals surface area contributed by atoms with Crippen LogP contribution in [0.5, 0.6) is 0 Å². The molecule has 0 amide bonds. The molecule has 8 N–H and O–H groups in total. The van der Waals surface area contributed by atoms with Crippen molar-refractivity contribution in [1.29, 1.82) is 0 Å². The minimum Gasteiger partial charge on any atom is -0.394 e. The van der Waals surface area contributed by atoms with Gasteiger partial charge in [0.15, 0.2) is 0 Å². The van der Waals surface area contributed by atoms with Crippen LogP contribution in [0.25, 0.3) is 0 Å². The van der Waals surface area contributed by atoms with Crippen LogP contribution >= 0.6 is 0 Å². The predicted octanol–water partition coefficient (Wildman–Crippen LogP) is -5.31. The molecule has 0 spiro atoms. The van der Waals surface area contributed by atoms with E-state index in [1.807, 2.05) is 0 Å². The monoisotopic (exact) mass is 370 g/mol. The lowest BCUT2D eigenvalue weighted by atomic mass is 9.95. The summed E-state index contributed by atoms with van der Waals surface area (Å²) in [4.78, 5) is 0. The van der Waals surface area contributed by atoms with Crippen molar-refractivity contribution in [3.8, 4) is 0 Å². The van der Waals surface area contributed by atoms with Gasteiger partial charge in [-0.05, 0) is 0 Å². The minimum absolute atomic E-state index is 0.306. The first-order valence-corrected chi connectivity index (χ1v) is 7.95. The number of aliphatic hydroxyl groups is 8. The number of ether oxygens (including phenoxy) is 3. The zero-order valence-corrected chi connectivity index (χ0v) is 13.5. The first-order chi connectivity index (χ1) is 11.8. The first-order valence-electron chi connectivity index (χ1n) is 7.95. The SMILES string of the molecule is OCC1OC(COCC2(CO)OC(CO)C(O)C2O)C(O)C(O)C1O. The third-order valence-corrected chi connectivity index (χ3v) is 4.70. The molecule has 25 heavy (non-hydrogen) atoms. The lowest BCUT2D eigenvalue weighted by Gasteiger charge is -2.40. The fourth-order valence-corrected chi connectivity index (χ4v) is 3.06. The summed E-state index contributed by atoms with van der Waals surface area (Å²) in [6, 6.07) is 0. The Morgan fingerprint density at radius 2 is 1.36 bits per heavy atom. The molecule has 2 fully saturated rings. The normalized spacial score (nSPS) is 48.0. The van der Waals surface area contributed by atoms with Gasteiger partial charge in [-0.25, -0.2) is 0 Å². The standard InChI is InChI=1S/C14H26O11/c15-1-6-9(18)12(21)10(19)8(24-6)3-23-5-14(4-17)13(22)11(20)7(2-16)25-14/h6-13,15-22H,1-5H2. The Kier molecular flexibility index (Phi) is 7.09. The fourth-order valence-electron chi connectivity index (χ4n) is 3.06. The first kappa shape index (κ1) is 20.9. The molecule has 11 nitrogen and oxygen atoms in total. The van der Waals surface area contributed by atoms with Crippen LogP contribution in [0, 0.1) is 0 Å². The molecule has 9 unspecified atom stereocenters. The summed E-state index contributed by atoms with van der Waals surface area (Å²) < 4.78 is 15.9. The molecule has 0 saturated carbocycles. The van der Waals surface area contributed by atoms with Gasteiger partial charge in [-0.15, -0.1) is 0 Å². The van der Waals surface area contributed by atoms with Crippen molar-refractivity contribution in [2.45, 2.75) is 54.4 Å². The van der Waals surface area contributed by atoms with E-state index in [2.05, 4.69) is 0 Å². The smallest absolute Gasteiger partial charge is 0.143 e. The van der Waals surface area contributed by atoms with E-state index in [1.165, 1.54) is 0 Å². The topological polar surface area (TPSA) is 190 Å². The molecule has 0 aliphatic carbocycles. The van der Waals surface area contributed by atoms with Crippen molar-refractivity contribution in [1.82, 2.24) is 0 Å². The third-order valence-electron chi connectivity index (χ3n) is 4.70. The quantitative estimate of drug-likeness (QED) is 0.214. The molecular formula is C14H26O11. The van der Waals surface area contributed by atoms with E-state index in [9.17, 15) is 30.6 Å². The van der Waals surface area contributed by atoms with Crippen molar-refractivity contribution >= 4 is 0 Å². The second-order valence-corrected chi connectivity index (χ2v) is 6.38. The molecule has 2 saturated heterocycles. The van der Waals surface area contributed by atoms with Crippen molar-refractivity contribution in [2.75, 3.05) is 33.0 Å². The summed E-state index contributed by atoms with van der Waals surface area (Å²) in [5, 5.41) is 76.9. The summed E-state index contributed by atoms with van der Waals surface area (Å²) in [6.45, 7) is -2.54. The van der Waals surface area contributed by atoms with Crippen molar-refractivity contribution < 1.29 is 55.1 Å². The van der Waals surface area contributed by atoms with Gasteiger partial charge in [0.2, 0.25) is 0 Å². The van der Waals surface area contributed by atoms with Gasteiger partial charge in [0.1, 0.15) is 54.4 Å².